The number of carboxylic acid groups (broad SMARTS) is 1. The molecule has 0 aliphatic carbocycles. The summed E-state index contributed by atoms with van der Waals surface area (Å²) in [7, 11) is -1.71. The van der Waals surface area contributed by atoms with Crippen molar-refractivity contribution in [2.45, 2.75) is 64.2 Å². The van der Waals surface area contributed by atoms with Crippen molar-refractivity contribution in [1.82, 2.24) is 4.90 Å². The van der Waals surface area contributed by atoms with Crippen molar-refractivity contribution in [3.05, 3.63) is 0 Å². The van der Waals surface area contributed by atoms with Crippen LogP contribution < -0.4 is 0 Å². The molecule has 1 aliphatic heterocycles. The maximum absolute atomic E-state index is 11.2. The van der Waals surface area contributed by atoms with Crippen LogP contribution >= 0.6 is 0 Å². The zero-order chi connectivity index (χ0) is 14.7. The van der Waals surface area contributed by atoms with Gasteiger partial charge in [0.05, 0.1) is 0 Å². The quantitative estimate of drug-likeness (QED) is 0.790. The molecule has 0 unspecified atom stereocenters. The van der Waals surface area contributed by atoms with Crippen molar-refractivity contribution in [1.29, 1.82) is 0 Å². The average molecular weight is 287 g/mol. The van der Waals surface area contributed by atoms with E-state index in [2.05, 4.69) is 38.8 Å². The molecular formula is C14H29NO3Si. The lowest BCUT2D eigenvalue weighted by atomic mass is 10.0. The predicted molar refractivity (Wildman–Crippen MR) is 80.0 cm³/mol. The van der Waals surface area contributed by atoms with E-state index in [-0.39, 0.29) is 11.1 Å². The van der Waals surface area contributed by atoms with Gasteiger partial charge in [-0.25, -0.2) is 0 Å². The predicted octanol–water partition coefficient (Wildman–Crippen LogP) is 2.95. The Labute approximate surface area is 118 Å². The highest BCUT2D eigenvalue weighted by Crippen LogP contribution is 2.36. The summed E-state index contributed by atoms with van der Waals surface area (Å²) in [5, 5.41) is 9.43. The van der Waals surface area contributed by atoms with E-state index in [4.69, 9.17) is 4.43 Å². The summed E-state index contributed by atoms with van der Waals surface area (Å²) in [5.41, 5.74) is 0. The molecule has 1 fully saturated rings. The Kier molecular flexibility index (Phi) is 5.59. The van der Waals surface area contributed by atoms with Crippen molar-refractivity contribution in [2.24, 2.45) is 0 Å². The van der Waals surface area contributed by atoms with Crippen molar-refractivity contribution < 1.29 is 14.3 Å². The van der Waals surface area contributed by atoms with Crippen molar-refractivity contribution in [3.8, 4) is 0 Å². The molecule has 1 rings (SSSR count). The fourth-order valence-electron chi connectivity index (χ4n) is 2.17. The molecule has 19 heavy (non-hydrogen) atoms. The van der Waals surface area contributed by atoms with E-state index < -0.39 is 14.3 Å². The molecule has 0 amide bonds. The van der Waals surface area contributed by atoms with E-state index in [1.165, 1.54) is 0 Å². The van der Waals surface area contributed by atoms with Gasteiger partial charge in [0.2, 0.25) is 0 Å². The number of carbonyl (C=O) groups is 1. The van der Waals surface area contributed by atoms with Crippen LogP contribution in [0.5, 0.6) is 0 Å². The average Bonchev–Trinajstić information content (AvgIpc) is 2.27. The second-order valence-electron chi connectivity index (χ2n) is 6.99. The van der Waals surface area contributed by atoms with Crippen molar-refractivity contribution in [3.63, 3.8) is 0 Å². The molecule has 0 saturated carbocycles. The van der Waals surface area contributed by atoms with Gasteiger partial charge >= 0.3 is 5.97 Å². The second kappa shape index (κ2) is 6.37. The molecule has 0 radical (unpaired) electrons. The summed E-state index contributed by atoms with van der Waals surface area (Å²) in [6.45, 7) is 13.4. The summed E-state index contributed by atoms with van der Waals surface area (Å²) in [5.74, 6) is -0.688. The van der Waals surface area contributed by atoms with Crippen LogP contribution in [0.15, 0.2) is 0 Å². The highest BCUT2D eigenvalue weighted by molar-refractivity contribution is 6.74. The topological polar surface area (TPSA) is 49.8 Å². The van der Waals surface area contributed by atoms with Crippen LogP contribution in [0.25, 0.3) is 0 Å². The van der Waals surface area contributed by atoms with Crippen LogP contribution in [-0.2, 0) is 9.22 Å². The van der Waals surface area contributed by atoms with Gasteiger partial charge in [-0.3, -0.25) is 9.69 Å². The molecule has 1 heterocycles. The maximum atomic E-state index is 11.2. The summed E-state index contributed by atoms with van der Waals surface area (Å²) >= 11 is 0. The third kappa shape index (κ3) is 4.58. The fraction of sp³-hybridized carbons (Fsp3) is 0.929. The number of rotatable bonds is 5. The van der Waals surface area contributed by atoms with Gasteiger partial charge in [-0.1, -0.05) is 27.2 Å². The number of aliphatic carboxylic acids is 1. The minimum absolute atomic E-state index is 0.209. The number of hydrogen-bond acceptors (Lipinski definition) is 3. The van der Waals surface area contributed by atoms with Gasteiger partial charge in [0.25, 0.3) is 0 Å². The molecule has 112 valence electrons. The van der Waals surface area contributed by atoms with Crippen LogP contribution in [-0.4, -0.2) is 50.0 Å². The molecule has 1 N–H and O–H groups in total. The first-order chi connectivity index (χ1) is 8.65. The van der Waals surface area contributed by atoms with E-state index >= 15 is 0 Å². The number of hydrogen-bond donors (Lipinski definition) is 1. The largest absolute Gasteiger partial charge is 0.480 e. The van der Waals surface area contributed by atoms with E-state index in [9.17, 15) is 9.90 Å². The highest BCUT2D eigenvalue weighted by atomic mass is 28.4. The third-order valence-electron chi connectivity index (χ3n) is 4.55. The van der Waals surface area contributed by atoms with Crippen molar-refractivity contribution >= 4 is 14.3 Å². The lowest BCUT2D eigenvalue weighted by molar-refractivity contribution is -0.144. The lowest BCUT2D eigenvalue weighted by Gasteiger charge is -2.38. The molecule has 0 aromatic rings. The third-order valence-corrected chi connectivity index (χ3v) is 9.08. The number of piperidine rings is 1. The molecule has 0 bridgehead atoms. The van der Waals surface area contributed by atoms with Gasteiger partial charge in [-0.05, 0) is 37.5 Å². The molecule has 1 aliphatic rings. The van der Waals surface area contributed by atoms with Crippen LogP contribution in [0, 0.1) is 0 Å². The normalized spacial score (nSPS) is 22.5. The second-order valence-corrected chi connectivity index (χ2v) is 11.8. The van der Waals surface area contributed by atoms with Gasteiger partial charge in [0.1, 0.15) is 6.04 Å². The Balaban J connectivity index is 2.45. The summed E-state index contributed by atoms with van der Waals surface area (Å²) in [6, 6.07) is -0.309. The Morgan fingerprint density at radius 1 is 1.37 bits per heavy atom. The lowest BCUT2D eigenvalue weighted by Crippen LogP contribution is -2.48. The monoisotopic (exact) mass is 287 g/mol. The first kappa shape index (κ1) is 16.7. The zero-order valence-electron chi connectivity index (χ0n) is 13.0. The molecule has 1 saturated heterocycles. The Morgan fingerprint density at radius 3 is 2.53 bits per heavy atom. The van der Waals surface area contributed by atoms with Gasteiger partial charge in [0, 0.05) is 13.2 Å². The van der Waals surface area contributed by atoms with Gasteiger partial charge < -0.3 is 9.53 Å². The molecule has 4 nitrogen and oxygen atoms in total. The van der Waals surface area contributed by atoms with E-state index in [0.29, 0.717) is 6.61 Å². The SMILES string of the molecule is CC(C)(C)[Si](C)(C)OCCN1CCCC[C@@H]1C(=O)O. The molecule has 1 atom stereocenters. The minimum Gasteiger partial charge on any atom is -0.480 e. The van der Waals surface area contributed by atoms with E-state index in [0.717, 1.165) is 32.4 Å². The van der Waals surface area contributed by atoms with E-state index in [1.807, 2.05) is 0 Å². The molecule has 5 heteroatoms. The molecular weight excluding hydrogens is 258 g/mol. The number of carboxylic acids is 1. The summed E-state index contributed by atoms with van der Waals surface area (Å²) in [4.78, 5) is 13.3. The van der Waals surface area contributed by atoms with E-state index in [1.54, 1.807) is 0 Å². The molecule has 0 aromatic heterocycles. The number of likely N-dealkylation sites (tertiary alicyclic amines) is 1. The fourth-order valence-corrected chi connectivity index (χ4v) is 3.21. The first-order valence-corrected chi connectivity index (χ1v) is 10.2. The van der Waals surface area contributed by atoms with Crippen LogP contribution in [0.2, 0.25) is 18.1 Å². The number of nitrogens with zero attached hydrogens (tertiary/aromatic N) is 1. The Hall–Kier alpha value is -0.393. The van der Waals surface area contributed by atoms with Gasteiger partial charge in [-0.2, -0.15) is 0 Å². The maximum Gasteiger partial charge on any atom is 0.320 e. The standard InChI is InChI=1S/C14H29NO3Si/c1-14(2,3)19(4,5)18-11-10-15-9-7-6-8-12(15)13(16)17/h12H,6-11H2,1-5H3,(H,16,17)/t12-/m1/s1. The van der Waals surface area contributed by atoms with Crippen LogP contribution in [0.3, 0.4) is 0 Å². The first-order valence-electron chi connectivity index (χ1n) is 7.26. The Morgan fingerprint density at radius 2 is 2.00 bits per heavy atom. The summed E-state index contributed by atoms with van der Waals surface area (Å²) < 4.78 is 6.13. The summed E-state index contributed by atoms with van der Waals surface area (Å²) in [6.07, 6.45) is 2.90. The van der Waals surface area contributed by atoms with Crippen molar-refractivity contribution in [2.75, 3.05) is 19.7 Å². The smallest absolute Gasteiger partial charge is 0.320 e. The molecule has 0 aromatic carbocycles. The van der Waals surface area contributed by atoms with Crippen LogP contribution in [0.4, 0.5) is 0 Å². The minimum atomic E-state index is -1.71. The van der Waals surface area contributed by atoms with Gasteiger partial charge in [0.15, 0.2) is 8.32 Å². The van der Waals surface area contributed by atoms with Gasteiger partial charge in [-0.15, -0.1) is 0 Å². The highest BCUT2D eigenvalue weighted by Gasteiger charge is 2.37. The molecule has 0 spiro atoms. The zero-order valence-corrected chi connectivity index (χ0v) is 14.0. The Bertz CT molecular complexity index is 312. The van der Waals surface area contributed by atoms with Crippen LogP contribution in [0.1, 0.15) is 40.0 Å².